The van der Waals surface area contributed by atoms with Crippen LogP contribution in [0.25, 0.3) is 11.3 Å². The van der Waals surface area contributed by atoms with Gasteiger partial charge in [0.1, 0.15) is 22.8 Å². The Balaban J connectivity index is 0.00000306. The molecule has 1 amide bonds. The van der Waals surface area contributed by atoms with E-state index in [9.17, 15) is 39.9 Å². The van der Waals surface area contributed by atoms with Crippen molar-refractivity contribution in [2.45, 2.75) is 17.7 Å². The standard InChI is InChI=1S/C22H22N2O8.ClH/c1-7-8-5-4-6-9(25)11(8)16(26)12-10(7)17(27)14-15(24(2)3)18(28)13(21(23)31)20(30)22(14,32)19(12)29;/h4-6,10,14-15,17,25-27,30,32H,1H2,2-3H3,(H2,23,31);1H/t10-,14-,15-,17-,22-;/m0./s1. The Kier molecular flexibility index (Phi) is 5.71. The minimum Gasteiger partial charge on any atom is -0.508 e. The second-order valence-electron chi connectivity index (χ2n) is 8.44. The highest BCUT2D eigenvalue weighted by Crippen LogP contribution is 2.55. The molecular weight excluding hydrogens is 456 g/mol. The van der Waals surface area contributed by atoms with Crippen LogP contribution in [0.3, 0.4) is 0 Å². The second kappa shape index (κ2) is 7.70. The first-order valence-electron chi connectivity index (χ1n) is 9.71. The van der Waals surface area contributed by atoms with Gasteiger partial charge in [0.2, 0.25) is 5.78 Å². The zero-order chi connectivity index (χ0) is 23.9. The molecule has 10 nitrogen and oxygen atoms in total. The molecule has 1 aromatic rings. The van der Waals surface area contributed by atoms with E-state index in [0.717, 1.165) is 0 Å². The van der Waals surface area contributed by atoms with Crippen LogP contribution < -0.4 is 5.73 Å². The Morgan fingerprint density at radius 2 is 1.79 bits per heavy atom. The lowest BCUT2D eigenvalue weighted by atomic mass is 9.55. The number of rotatable bonds is 2. The predicted octanol–water partition coefficient (Wildman–Crippen LogP) is -0.173. The lowest BCUT2D eigenvalue weighted by molar-refractivity contribution is -0.166. The van der Waals surface area contributed by atoms with Crippen LogP contribution in [-0.4, -0.2) is 79.7 Å². The SMILES string of the molecule is C=C1c2cccc(O)c2C(O)=C2C(=O)[C@]3(O)C(O)=C(C(N)=O)C(=O)[C@@H](N(C)C)[C@H]3[C@@H](O)[C@@H]12.Cl. The van der Waals surface area contributed by atoms with Gasteiger partial charge in [-0.05, 0) is 31.3 Å². The normalized spacial score (nSPS) is 31.1. The summed E-state index contributed by atoms with van der Waals surface area (Å²) in [5.74, 6) is -8.78. The van der Waals surface area contributed by atoms with Crippen LogP contribution >= 0.6 is 12.4 Å². The number of fused-ring (bicyclic) bond motifs is 3. The quantitative estimate of drug-likeness (QED) is 0.314. The molecule has 11 heteroatoms. The molecule has 1 saturated carbocycles. The van der Waals surface area contributed by atoms with E-state index in [2.05, 4.69) is 6.58 Å². The Bertz CT molecular complexity index is 1190. The van der Waals surface area contributed by atoms with Gasteiger partial charge in [0.05, 0.1) is 29.2 Å². The van der Waals surface area contributed by atoms with E-state index < -0.39 is 69.7 Å². The summed E-state index contributed by atoms with van der Waals surface area (Å²) in [7, 11) is 2.88. The molecule has 3 aliphatic rings. The second-order valence-corrected chi connectivity index (χ2v) is 8.44. The zero-order valence-electron chi connectivity index (χ0n) is 17.6. The van der Waals surface area contributed by atoms with Crippen molar-refractivity contribution < 1.29 is 39.9 Å². The molecule has 1 fully saturated rings. The predicted molar refractivity (Wildman–Crippen MR) is 118 cm³/mol. The molecule has 33 heavy (non-hydrogen) atoms. The minimum absolute atomic E-state index is 0. The third-order valence-corrected chi connectivity index (χ3v) is 6.61. The Labute approximate surface area is 194 Å². The fourth-order valence-electron chi connectivity index (χ4n) is 5.21. The Hall–Kier alpha value is -3.18. The number of hydrogen-bond acceptors (Lipinski definition) is 9. The summed E-state index contributed by atoms with van der Waals surface area (Å²) >= 11 is 0. The largest absolute Gasteiger partial charge is 0.508 e. The maximum Gasteiger partial charge on any atom is 0.255 e. The zero-order valence-corrected chi connectivity index (χ0v) is 18.5. The van der Waals surface area contributed by atoms with Crippen LogP contribution in [0.15, 0.2) is 41.7 Å². The molecule has 0 saturated heterocycles. The van der Waals surface area contributed by atoms with E-state index in [-0.39, 0.29) is 34.9 Å². The van der Waals surface area contributed by atoms with Crippen molar-refractivity contribution in [2.75, 3.05) is 14.1 Å². The first-order chi connectivity index (χ1) is 14.9. The van der Waals surface area contributed by atoms with Crippen molar-refractivity contribution in [1.82, 2.24) is 4.90 Å². The number of halogens is 1. The topological polar surface area (TPSA) is 182 Å². The Morgan fingerprint density at radius 1 is 1.18 bits per heavy atom. The van der Waals surface area contributed by atoms with Gasteiger partial charge in [-0.25, -0.2) is 0 Å². The van der Waals surface area contributed by atoms with Gasteiger partial charge in [-0.2, -0.15) is 0 Å². The van der Waals surface area contributed by atoms with Crippen molar-refractivity contribution in [3.8, 4) is 5.75 Å². The lowest BCUT2D eigenvalue weighted by Crippen LogP contribution is -2.70. The van der Waals surface area contributed by atoms with Crippen LogP contribution in [0, 0.1) is 11.8 Å². The molecule has 3 aliphatic carbocycles. The minimum atomic E-state index is -2.94. The number of phenolic OH excluding ortho intramolecular Hbond substituents is 1. The van der Waals surface area contributed by atoms with Gasteiger partial charge in [-0.3, -0.25) is 19.3 Å². The molecule has 0 unspecified atom stereocenters. The smallest absolute Gasteiger partial charge is 0.255 e. The number of primary amides is 1. The summed E-state index contributed by atoms with van der Waals surface area (Å²) in [4.78, 5) is 39.8. The fourth-order valence-corrected chi connectivity index (χ4v) is 5.21. The molecule has 0 heterocycles. The summed E-state index contributed by atoms with van der Waals surface area (Å²) in [6, 6.07) is 2.89. The van der Waals surface area contributed by atoms with Gasteiger partial charge in [0.25, 0.3) is 5.91 Å². The first-order valence-corrected chi connectivity index (χ1v) is 9.71. The molecule has 5 atom stereocenters. The lowest BCUT2D eigenvalue weighted by Gasteiger charge is -2.52. The molecule has 4 rings (SSSR count). The number of nitrogens with zero attached hydrogens (tertiary/aromatic N) is 1. The molecule has 0 spiro atoms. The number of aromatic hydroxyl groups is 1. The van der Waals surface area contributed by atoms with Gasteiger partial charge in [0.15, 0.2) is 11.4 Å². The van der Waals surface area contributed by atoms with Gasteiger partial charge < -0.3 is 31.3 Å². The highest BCUT2D eigenvalue weighted by molar-refractivity contribution is 6.25. The number of aliphatic hydroxyl groups excluding tert-OH is 3. The highest BCUT2D eigenvalue weighted by atomic mass is 35.5. The van der Waals surface area contributed by atoms with E-state index in [0.29, 0.717) is 0 Å². The van der Waals surface area contributed by atoms with E-state index in [1.807, 2.05) is 0 Å². The van der Waals surface area contributed by atoms with Crippen LogP contribution in [0.2, 0.25) is 0 Å². The molecule has 1 aromatic carbocycles. The number of carbonyl (C=O) groups is 3. The summed E-state index contributed by atoms with van der Waals surface area (Å²) in [6.07, 6.45) is -1.69. The van der Waals surface area contributed by atoms with Gasteiger partial charge in [-0.1, -0.05) is 18.7 Å². The van der Waals surface area contributed by atoms with Crippen LogP contribution in [0.5, 0.6) is 5.75 Å². The maximum atomic E-state index is 13.6. The maximum absolute atomic E-state index is 13.6. The number of aliphatic hydroxyl groups is 4. The number of phenols is 1. The van der Waals surface area contributed by atoms with E-state index in [1.54, 1.807) is 0 Å². The molecule has 7 N–H and O–H groups in total. The average molecular weight is 479 g/mol. The monoisotopic (exact) mass is 478 g/mol. The third-order valence-electron chi connectivity index (χ3n) is 6.61. The molecule has 176 valence electrons. The molecule has 0 radical (unpaired) electrons. The number of hydrogen-bond donors (Lipinski definition) is 6. The number of ketones is 2. The number of amides is 1. The number of carbonyl (C=O) groups excluding carboxylic acids is 3. The molecule has 0 aromatic heterocycles. The van der Waals surface area contributed by atoms with E-state index in [1.165, 1.54) is 37.2 Å². The number of benzene rings is 1. The van der Waals surface area contributed by atoms with Gasteiger partial charge in [0, 0.05) is 5.92 Å². The molecule has 0 aliphatic heterocycles. The van der Waals surface area contributed by atoms with Crippen molar-refractivity contribution in [1.29, 1.82) is 0 Å². The Morgan fingerprint density at radius 3 is 2.33 bits per heavy atom. The average Bonchev–Trinajstić information content (AvgIpc) is 2.70. The summed E-state index contributed by atoms with van der Waals surface area (Å²) in [6.45, 7) is 3.91. The molecular formula is C22H23ClN2O8. The number of likely N-dealkylation sites (N-methyl/N-ethyl adjacent to an activating group) is 1. The van der Waals surface area contributed by atoms with Crippen molar-refractivity contribution in [3.63, 3.8) is 0 Å². The number of nitrogens with two attached hydrogens (primary N) is 1. The highest BCUT2D eigenvalue weighted by Gasteiger charge is 2.68. The summed E-state index contributed by atoms with van der Waals surface area (Å²) < 4.78 is 0. The van der Waals surface area contributed by atoms with E-state index >= 15 is 0 Å². The fraction of sp³-hybridized carbons (Fsp3) is 0.318. The van der Waals surface area contributed by atoms with E-state index in [4.69, 9.17) is 5.73 Å². The summed E-state index contributed by atoms with van der Waals surface area (Å²) in [5, 5.41) is 54.7. The number of Topliss-reactive ketones (excluding diaryl/α,β-unsaturated/α-hetero) is 2. The molecule has 0 bridgehead atoms. The van der Waals surface area contributed by atoms with Crippen molar-refractivity contribution in [3.05, 3.63) is 52.8 Å². The van der Waals surface area contributed by atoms with Crippen molar-refractivity contribution in [2.24, 2.45) is 17.6 Å². The van der Waals surface area contributed by atoms with Crippen LogP contribution in [0.1, 0.15) is 11.1 Å². The van der Waals surface area contributed by atoms with Crippen LogP contribution in [0.4, 0.5) is 0 Å². The first kappa shape index (κ1) is 24.5. The third kappa shape index (κ3) is 2.88. The van der Waals surface area contributed by atoms with Crippen LogP contribution in [-0.2, 0) is 14.4 Å². The summed E-state index contributed by atoms with van der Waals surface area (Å²) in [5.41, 5.74) is 1.16. The van der Waals surface area contributed by atoms with Crippen molar-refractivity contribution >= 4 is 41.2 Å². The van der Waals surface area contributed by atoms with Gasteiger partial charge >= 0.3 is 0 Å². The van der Waals surface area contributed by atoms with Gasteiger partial charge in [-0.15, -0.1) is 12.4 Å².